The van der Waals surface area contributed by atoms with E-state index in [4.69, 9.17) is 42.7 Å². The van der Waals surface area contributed by atoms with Crippen molar-refractivity contribution in [2.75, 3.05) is 36.9 Å². The summed E-state index contributed by atoms with van der Waals surface area (Å²) in [6.07, 6.45) is -7.53. The Kier molecular flexibility index (Phi) is 8.08. The second kappa shape index (κ2) is 12.3. The minimum atomic E-state index is -4.59. The highest BCUT2D eigenvalue weighted by molar-refractivity contribution is 7.79. The van der Waals surface area contributed by atoms with Gasteiger partial charge in [0.15, 0.2) is 36.1 Å². The van der Waals surface area contributed by atoms with Gasteiger partial charge in [0.25, 0.3) is 14.9 Å². The number of anilines is 2. The number of aromatic nitrogens is 7. The molecule has 3 saturated heterocycles. The lowest BCUT2D eigenvalue weighted by Crippen LogP contribution is -2.37. The van der Waals surface area contributed by atoms with E-state index in [1.54, 1.807) is 12.3 Å². The first-order valence-electron chi connectivity index (χ1n) is 16.1. The van der Waals surface area contributed by atoms with Gasteiger partial charge in [-0.25, -0.2) is 33.1 Å². The SMILES string of the molecule is [B]P1(=O)OC[C@H]2O[C@@H](n3nc4c5c(ncnc53)NCCC4)C(F)[C@H]2OP([B])(=O)OC[C@H]2O[C@@H](n3nc4c5c(ccnc53)NCCC4)[C@@H](F)C2O1. The topological polar surface area (TPSA) is 188 Å². The number of alkyl halides is 2. The Labute approximate surface area is 285 Å². The number of nitrogens with one attached hydrogen (secondary N) is 2. The zero-order valence-corrected chi connectivity index (χ0v) is 28.0. The second-order valence-corrected chi connectivity index (χ2v) is 15.7. The van der Waals surface area contributed by atoms with E-state index in [9.17, 15) is 9.13 Å². The monoisotopic (exact) mass is 729 g/mol. The lowest BCUT2D eigenvalue weighted by molar-refractivity contribution is -0.0585. The Morgan fingerprint density at radius 3 is 1.96 bits per heavy atom. The molecule has 2 N–H and O–H groups in total. The predicted molar refractivity (Wildman–Crippen MR) is 172 cm³/mol. The van der Waals surface area contributed by atoms with Crippen LogP contribution in [0.4, 0.5) is 20.3 Å². The third-order valence-electron chi connectivity index (χ3n) is 9.41. The average Bonchev–Trinajstić information content (AvgIpc) is 3.71. The van der Waals surface area contributed by atoms with Crippen molar-refractivity contribution in [3.8, 4) is 0 Å². The molecule has 4 radical (unpaired) electrons. The highest BCUT2D eigenvalue weighted by Crippen LogP contribution is 2.54. The van der Waals surface area contributed by atoms with Crippen LogP contribution in [0.1, 0.15) is 36.7 Å². The third kappa shape index (κ3) is 5.57. The summed E-state index contributed by atoms with van der Waals surface area (Å²) in [5.74, 6) is 0.545. The van der Waals surface area contributed by atoms with E-state index in [1.165, 1.54) is 15.7 Å². The van der Waals surface area contributed by atoms with Gasteiger partial charge in [0.05, 0.1) is 35.4 Å². The maximum Gasteiger partial charge on any atom is 0.264 e. The zero-order chi connectivity index (χ0) is 34.4. The summed E-state index contributed by atoms with van der Waals surface area (Å²) >= 11 is 0. The first-order valence-corrected chi connectivity index (χ1v) is 19.4. The van der Waals surface area contributed by atoms with Gasteiger partial charge in [0.1, 0.15) is 36.6 Å². The molecule has 4 aromatic heterocycles. The predicted octanol–water partition coefficient (Wildman–Crippen LogP) is 2.83. The minimum absolute atomic E-state index is 0.288. The Bertz CT molecular complexity index is 1940. The molecule has 50 heavy (non-hydrogen) atoms. The molecule has 9 rings (SSSR count). The molecule has 4 aromatic rings. The molecule has 10 atom stereocenters. The molecule has 3 fully saturated rings. The molecule has 0 aromatic carbocycles. The van der Waals surface area contributed by atoms with Crippen LogP contribution in [0.5, 0.6) is 0 Å². The fourth-order valence-electron chi connectivity index (χ4n) is 7.17. The Morgan fingerprint density at radius 1 is 0.780 bits per heavy atom. The number of nitrogens with zero attached hydrogens (tertiary/aromatic N) is 7. The van der Waals surface area contributed by atoms with E-state index in [2.05, 4.69) is 35.8 Å². The van der Waals surface area contributed by atoms with Gasteiger partial charge in [-0.15, -0.1) is 0 Å². The van der Waals surface area contributed by atoms with Crippen molar-refractivity contribution in [2.24, 2.45) is 0 Å². The lowest BCUT2D eigenvalue weighted by atomic mass is 10.1. The summed E-state index contributed by atoms with van der Waals surface area (Å²) in [6.45, 7) is 0.0350. The zero-order valence-electron chi connectivity index (χ0n) is 26.2. The number of ether oxygens (including phenoxy) is 2. The quantitative estimate of drug-likeness (QED) is 0.226. The summed E-state index contributed by atoms with van der Waals surface area (Å²) in [6, 6.07) is 1.80. The fraction of sp³-hybridized carbons (Fsp3) is 0.593. The number of aryl methyl sites for hydroxylation is 2. The van der Waals surface area contributed by atoms with Gasteiger partial charge < -0.3 is 38.2 Å². The summed E-state index contributed by atoms with van der Waals surface area (Å²) in [4.78, 5) is 13.0. The Morgan fingerprint density at radius 2 is 1.34 bits per heavy atom. The smallest absolute Gasteiger partial charge is 0.264 e. The van der Waals surface area contributed by atoms with E-state index in [-0.39, 0.29) is 5.65 Å². The molecule has 0 amide bonds. The normalized spacial score (nSPS) is 37.5. The van der Waals surface area contributed by atoms with Crippen molar-refractivity contribution < 1.29 is 45.5 Å². The van der Waals surface area contributed by atoms with Crippen molar-refractivity contribution in [3.05, 3.63) is 30.0 Å². The van der Waals surface area contributed by atoms with Crippen LogP contribution >= 0.6 is 14.9 Å². The van der Waals surface area contributed by atoms with Crippen LogP contribution in [0, 0.1) is 0 Å². The largest absolute Gasteiger partial charge is 0.384 e. The fourth-order valence-corrected chi connectivity index (χ4v) is 9.18. The van der Waals surface area contributed by atoms with Crippen molar-refractivity contribution in [3.63, 3.8) is 0 Å². The molecule has 0 saturated carbocycles. The number of hydrogen-bond acceptors (Lipinski definition) is 15. The summed E-state index contributed by atoms with van der Waals surface area (Å²) in [5, 5.41) is 17.0. The maximum atomic E-state index is 16.4. The van der Waals surface area contributed by atoms with E-state index in [0.717, 1.165) is 25.1 Å². The highest BCUT2D eigenvalue weighted by Gasteiger charge is 2.54. The van der Waals surface area contributed by atoms with Crippen LogP contribution in [0.25, 0.3) is 22.1 Å². The molecule has 9 heterocycles. The van der Waals surface area contributed by atoms with Crippen molar-refractivity contribution in [2.45, 2.75) is 74.9 Å². The van der Waals surface area contributed by atoms with Gasteiger partial charge in [0, 0.05) is 25.0 Å². The highest BCUT2D eigenvalue weighted by atomic mass is 31.2. The summed E-state index contributed by atoms with van der Waals surface area (Å²) in [7, 11) is 2.74. The van der Waals surface area contributed by atoms with E-state index in [1.807, 2.05) is 0 Å². The Hall–Kier alpha value is -3.02. The molecule has 0 bridgehead atoms. The summed E-state index contributed by atoms with van der Waals surface area (Å²) < 4.78 is 96.2. The van der Waals surface area contributed by atoms with Crippen LogP contribution in [-0.4, -0.2) is 113 Å². The minimum Gasteiger partial charge on any atom is -0.384 e. The number of fused-ring (bicyclic) bond motifs is 2. The Balaban J connectivity index is 1.00. The molecule has 260 valence electrons. The van der Waals surface area contributed by atoms with Gasteiger partial charge >= 0.3 is 0 Å². The number of rotatable bonds is 2. The van der Waals surface area contributed by atoms with Gasteiger partial charge in [-0.2, -0.15) is 10.2 Å². The molecule has 0 aliphatic carbocycles. The average molecular weight is 729 g/mol. The molecule has 23 heteroatoms. The summed E-state index contributed by atoms with van der Waals surface area (Å²) in [5.41, 5.74) is 2.75. The van der Waals surface area contributed by atoms with Gasteiger partial charge in [-0.3, -0.25) is 9.13 Å². The number of hydrogen-bond donors (Lipinski definition) is 2. The van der Waals surface area contributed by atoms with Crippen LogP contribution < -0.4 is 10.6 Å². The number of pyridine rings is 1. The maximum absolute atomic E-state index is 16.4. The molecular weight excluding hydrogens is 700 g/mol. The standard InChI is InChI=1S/C27H29B2F2N9O8P2/c28-49(41)44-10-16-22(20(31)27(46-16)40-25-18-14(38-40)4-2-7-33-23(18)35-11-36-25)48-50(29,42)43-9-15-21(47-49)19(30)26(45-15)39-24-17-12(5-8-34-24)32-6-1-3-13(17)37-39/h5,8,11,15-16,19-22,26-27,32H,1-4,6-7,9-10H2,(H,33,35,36)/t15-,16-,19+,20?,21?,22+,26-,27-,49?,50?/m1/s1. The third-order valence-corrected chi connectivity index (χ3v) is 11.5. The van der Waals surface area contributed by atoms with Crippen molar-refractivity contribution in [1.29, 1.82) is 0 Å². The van der Waals surface area contributed by atoms with Crippen molar-refractivity contribution >= 4 is 63.7 Å². The second-order valence-electron chi connectivity index (χ2n) is 12.7. The van der Waals surface area contributed by atoms with Gasteiger partial charge in [0.2, 0.25) is 15.1 Å². The van der Waals surface area contributed by atoms with Gasteiger partial charge in [-0.1, -0.05) is 0 Å². The van der Waals surface area contributed by atoms with Crippen LogP contribution in [-0.2, 0) is 49.5 Å². The van der Waals surface area contributed by atoms with Crippen molar-refractivity contribution in [1.82, 2.24) is 34.5 Å². The lowest BCUT2D eigenvalue weighted by Gasteiger charge is -2.29. The van der Waals surface area contributed by atoms with Gasteiger partial charge in [-0.05, 0) is 31.7 Å². The molecule has 5 aliphatic rings. The first-order chi connectivity index (χ1) is 24.1. The molecule has 17 nitrogen and oxygen atoms in total. The van der Waals surface area contributed by atoms with Crippen LogP contribution in [0.2, 0.25) is 0 Å². The number of halogens is 2. The molecular formula is C27H29B2F2N9O8P2. The van der Waals surface area contributed by atoms with E-state index >= 15 is 8.78 Å². The van der Waals surface area contributed by atoms with Crippen LogP contribution in [0.15, 0.2) is 18.6 Å². The van der Waals surface area contributed by atoms with E-state index in [0.29, 0.717) is 53.0 Å². The molecule has 4 unspecified atom stereocenters. The van der Waals surface area contributed by atoms with Crippen LogP contribution in [0.3, 0.4) is 0 Å². The molecule has 0 spiro atoms. The molecule has 5 aliphatic heterocycles. The van der Waals surface area contributed by atoms with E-state index < -0.39 is 77.4 Å². The first kappa shape index (κ1) is 32.9.